The summed E-state index contributed by atoms with van der Waals surface area (Å²) in [5.74, 6) is -1.60. The van der Waals surface area contributed by atoms with Crippen molar-refractivity contribution in [3.8, 4) is 12.3 Å². The zero-order valence-electron chi connectivity index (χ0n) is 36.9. The maximum Gasteiger partial charge on any atom is 0.410 e. The van der Waals surface area contributed by atoms with Gasteiger partial charge in [0.25, 0.3) is 5.91 Å². The van der Waals surface area contributed by atoms with Gasteiger partial charge < -0.3 is 35.8 Å². The lowest BCUT2D eigenvalue weighted by molar-refractivity contribution is -0.153. The number of hydrogen-bond donors (Lipinski definition) is 4. The van der Waals surface area contributed by atoms with Crippen molar-refractivity contribution >= 4 is 47.4 Å². The Morgan fingerprint density at radius 3 is 2.20 bits per heavy atom. The number of carbonyl (C=O) groups is 8. The fourth-order valence-electron chi connectivity index (χ4n) is 7.70. The van der Waals surface area contributed by atoms with Crippen LogP contribution < -0.4 is 21.3 Å². The highest BCUT2D eigenvalue weighted by atomic mass is 16.6. The smallest absolute Gasteiger partial charge is 0.410 e. The molecule has 4 rings (SSSR count). The Morgan fingerprint density at radius 1 is 0.967 bits per heavy atom. The second-order valence-electron chi connectivity index (χ2n) is 19.1. The molecule has 0 radical (unpaired) electrons. The number of carbonyl (C=O) groups excluding carboxylic acids is 8. The number of ether oxygens (including phenoxy) is 1. The van der Waals surface area contributed by atoms with E-state index in [4.69, 9.17) is 11.2 Å². The number of imide groups is 1. The Morgan fingerprint density at radius 2 is 1.61 bits per heavy atom. The van der Waals surface area contributed by atoms with Crippen molar-refractivity contribution in [2.75, 3.05) is 26.2 Å². The maximum absolute atomic E-state index is 14.8. The molecule has 0 saturated carbocycles. The van der Waals surface area contributed by atoms with Crippen LogP contribution in [0.3, 0.4) is 0 Å². The number of terminal acetylenes is 1. The molecule has 3 heterocycles. The average molecular weight is 846 g/mol. The predicted octanol–water partition coefficient (Wildman–Crippen LogP) is 3.22. The Hall–Kier alpha value is -5.72. The standard InChI is InChI=1S/C45H63N7O9/c1-11-13-18-31(36(55)39(57)46-20-12-2)47-38(56)32-22-30(61-42(60)50-21-19-28-16-14-15-17-29(28)25-50)26-51(32)40(58)37(44(6,7)8)49-41(59)48-33(43(3,4)5)27-52-34(53)23-45(9,10)24-35(52)54/h1,12,14-17,30-33,37H,2,13,18-27H2,3-10H3,(H,46,57)(H,47,56)(H2,48,49,59)/t30-,31?,32+,33-,37-/m1/s1. The van der Waals surface area contributed by atoms with Gasteiger partial charge in [0.15, 0.2) is 0 Å². The molecule has 3 aliphatic rings. The van der Waals surface area contributed by atoms with Crippen LogP contribution in [0, 0.1) is 28.6 Å². The first kappa shape index (κ1) is 48.0. The lowest BCUT2D eigenvalue weighted by Crippen LogP contribution is -2.62. The fraction of sp³-hybridized carbons (Fsp3) is 0.600. The van der Waals surface area contributed by atoms with Gasteiger partial charge in [0.1, 0.15) is 18.2 Å². The Labute approximate surface area is 359 Å². The molecular formula is C45H63N7O9. The molecule has 0 aliphatic carbocycles. The quantitative estimate of drug-likeness (QED) is 0.0939. The molecule has 3 aliphatic heterocycles. The van der Waals surface area contributed by atoms with Gasteiger partial charge in [-0.15, -0.1) is 18.9 Å². The molecule has 0 aromatic heterocycles. The van der Waals surface area contributed by atoms with E-state index in [-0.39, 0.29) is 63.6 Å². The van der Waals surface area contributed by atoms with E-state index in [9.17, 15) is 38.4 Å². The van der Waals surface area contributed by atoms with Gasteiger partial charge in [-0.1, -0.05) is 85.7 Å². The molecule has 16 heteroatoms. The van der Waals surface area contributed by atoms with Gasteiger partial charge in [0, 0.05) is 51.9 Å². The van der Waals surface area contributed by atoms with Crippen LogP contribution in [-0.2, 0) is 46.5 Å². The lowest BCUT2D eigenvalue weighted by atomic mass is 9.80. The summed E-state index contributed by atoms with van der Waals surface area (Å²) >= 11 is 0. The number of nitrogens with one attached hydrogen (secondary N) is 4. The third kappa shape index (κ3) is 12.7. The summed E-state index contributed by atoms with van der Waals surface area (Å²) in [5, 5.41) is 10.7. The van der Waals surface area contributed by atoms with Crippen LogP contribution in [0.1, 0.15) is 98.6 Å². The first-order valence-electron chi connectivity index (χ1n) is 20.9. The average Bonchev–Trinajstić information content (AvgIpc) is 3.60. The summed E-state index contributed by atoms with van der Waals surface area (Å²) in [7, 11) is 0. The van der Waals surface area contributed by atoms with Gasteiger partial charge in [-0.3, -0.25) is 33.7 Å². The number of likely N-dealkylation sites (tertiary alicyclic amines) is 2. The molecule has 2 fully saturated rings. The highest BCUT2D eigenvalue weighted by Gasteiger charge is 2.48. The molecule has 0 spiro atoms. The molecule has 0 bridgehead atoms. The zero-order valence-corrected chi connectivity index (χ0v) is 36.9. The van der Waals surface area contributed by atoms with Crippen molar-refractivity contribution in [1.29, 1.82) is 0 Å². The highest BCUT2D eigenvalue weighted by molar-refractivity contribution is 6.38. The molecule has 5 atom stereocenters. The molecule has 1 aromatic rings. The molecule has 4 N–H and O–H groups in total. The highest BCUT2D eigenvalue weighted by Crippen LogP contribution is 2.33. The number of hydrogen-bond acceptors (Lipinski definition) is 9. The Bertz CT molecular complexity index is 1900. The van der Waals surface area contributed by atoms with E-state index >= 15 is 0 Å². The first-order chi connectivity index (χ1) is 28.4. The van der Waals surface area contributed by atoms with E-state index in [1.807, 2.05) is 58.9 Å². The van der Waals surface area contributed by atoms with Crippen molar-refractivity contribution in [1.82, 2.24) is 36.0 Å². The van der Waals surface area contributed by atoms with Crippen LogP contribution in [0.15, 0.2) is 36.9 Å². The van der Waals surface area contributed by atoms with Gasteiger partial charge in [0.05, 0.1) is 18.6 Å². The third-order valence-electron chi connectivity index (χ3n) is 11.3. The van der Waals surface area contributed by atoms with Crippen LogP contribution in [0.25, 0.3) is 0 Å². The van der Waals surface area contributed by atoms with Crippen LogP contribution in [0.5, 0.6) is 0 Å². The fourth-order valence-corrected chi connectivity index (χ4v) is 7.70. The lowest BCUT2D eigenvalue weighted by Gasteiger charge is -2.40. The van der Waals surface area contributed by atoms with E-state index in [0.717, 1.165) is 11.1 Å². The van der Waals surface area contributed by atoms with E-state index < -0.39 is 82.1 Å². The number of piperidine rings is 1. The minimum atomic E-state index is -1.33. The van der Waals surface area contributed by atoms with Gasteiger partial charge in [-0.25, -0.2) is 9.59 Å². The summed E-state index contributed by atoms with van der Waals surface area (Å²) in [6, 6.07) is 2.44. The topological polar surface area (TPSA) is 204 Å². The molecule has 2 saturated heterocycles. The maximum atomic E-state index is 14.8. The van der Waals surface area contributed by atoms with Crippen molar-refractivity contribution in [2.45, 2.75) is 131 Å². The zero-order chi connectivity index (χ0) is 45.4. The largest absolute Gasteiger partial charge is 0.444 e. The second kappa shape index (κ2) is 19.8. The van der Waals surface area contributed by atoms with Crippen LogP contribution in [0.2, 0.25) is 0 Å². The normalized spacial score (nSPS) is 20.3. The van der Waals surface area contributed by atoms with Crippen LogP contribution in [-0.4, -0.2) is 119 Å². The number of amides is 8. The Balaban J connectivity index is 1.59. The van der Waals surface area contributed by atoms with E-state index in [0.29, 0.717) is 19.5 Å². The summed E-state index contributed by atoms with van der Waals surface area (Å²) in [5.41, 5.74) is 0.0568. The monoisotopic (exact) mass is 845 g/mol. The SMILES string of the molecule is C#CCCC(NC(=O)[C@@H]1C[C@@H](OC(=O)N2CCc3ccccc3C2)CN1C(=O)[C@@H](NC(=O)N[C@H](CN1C(=O)CC(C)(C)CC1=O)C(C)(C)C)C(C)(C)C)C(=O)C(=O)NCC=C. The molecule has 16 nitrogen and oxygen atoms in total. The summed E-state index contributed by atoms with van der Waals surface area (Å²) in [6.45, 7) is 18.5. The van der Waals surface area contributed by atoms with Crippen molar-refractivity contribution in [2.24, 2.45) is 16.2 Å². The van der Waals surface area contributed by atoms with E-state index in [2.05, 4.69) is 33.8 Å². The number of urea groups is 1. The van der Waals surface area contributed by atoms with Crippen molar-refractivity contribution in [3.63, 3.8) is 0 Å². The first-order valence-corrected chi connectivity index (χ1v) is 20.9. The predicted molar refractivity (Wildman–Crippen MR) is 227 cm³/mol. The van der Waals surface area contributed by atoms with Gasteiger partial charge in [0.2, 0.25) is 29.4 Å². The van der Waals surface area contributed by atoms with E-state index in [1.54, 1.807) is 25.7 Å². The number of rotatable bonds is 14. The minimum absolute atomic E-state index is 0.0129. The van der Waals surface area contributed by atoms with Crippen molar-refractivity contribution < 1.29 is 43.1 Å². The second-order valence-corrected chi connectivity index (χ2v) is 19.1. The van der Waals surface area contributed by atoms with Crippen LogP contribution >= 0.6 is 0 Å². The molecular weight excluding hydrogens is 783 g/mol. The minimum Gasteiger partial charge on any atom is -0.444 e. The van der Waals surface area contributed by atoms with Gasteiger partial charge in [-0.2, -0.15) is 0 Å². The van der Waals surface area contributed by atoms with Crippen LogP contribution in [0.4, 0.5) is 9.59 Å². The molecule has 1 aromatic carbocycles. The molecule has 61 heavy (non-hydrogen) atoms. The van der Waals surface area contributed by atoms with Gasteiger partial charge in [-0.05, 0) is 40.2 Å². The number of benzene rings is 1. The summed E-state index contributed by atoms with van der Waals surface area (Å²) in [6.07, 6.45) is 6.11. The molecule has 1 unspecified atom stereocenters. The summed E-state index contributed by atoms with van der Waals surface area (Å²) < 4.78 is 5.95. The van der Waals surface area contributed by atoms with Gasteiger partial charge >= 0.3 is 12.1 Å². The Kier molecular flexibility index (Phi) is 15.5. The summed E-state index contributed by atoms with van der Waals surface area (Å²) in [4.78, 5) is 112. The van der Waals surface area contributed by atoms with Crippen molar-refractivity contribution in [3.05, 3.63) is 48.0 Å². The number of fused-ring (bicyclic) bond motifs is 1. The number of Topliss-reactive ketones (excluding diaryl/α,β-unsaturated/α-hetero) is 1. The molecule has 8 amide bonds. The van der Waals surface area contributed by atoms with E-state index in [1.165, 1.54) is 15.9 Å². The number of nitrogens with zero attached hydrogens (tertiary/aromatic N) is 3. The molecule has 332 valence electrons. The third-order valence-corrected chi connectivity index (χ3v) is 11.3. The number of ketones is 1.